The van der Waals surface area contributed by atoms with Crippen molar-refractivity contribution in [2.45, 2.75) is 23.8 Å². The van der Waals surface area contributed by atoms with Crippen molar-refractivity contribution in [3.8, 4) is 17.8 Å². The van der Waals surface area contributed by atoms with Crippen LogP contribution < -0.4 is 4.74 Å². The number of likely N-dealkylation sites (tertiary alicyclic amines) is 1. The molecule has 0 atom stereocenters. The molecule has 3 aromatic rings. The second kappa shape index (κ2) is 7.17. The van der Waals surface area contributed by atoms with Gasteiger partial charge in [-0.1, -0.05) is 0 Å². The third-order valence-corrected chi connectivity index (χ3v) is 6.05. The number of rotatable bonds is 4. The van der Waals surface area contributed by atoms with Crippen LogP contribution in [0.5, 0.6) is 5.75 Å². The number of piperidine rings is 1. The molecule has 144 valence electrons. The Hall–Kier alpha value is -3.05. The summed E-state index contributed by atoms with van der Waals surface area (Å²) in [5, 5.41) is 9.75. The highest BCUT2D eigenvalue weighted by molar-refractivity contribution is 7.90. The molecule has 7 nitrogen and oxygen atoms in total. The Balaban J connectivity index is 1.52. The Morgan fingerprint density at radius 2 is 1.96 bits per heavy atom. The van der Waals surface area contributed by atoms with Crippen molar-refractivity contribution in [3.05, 3.63) is 48.8 Å². The van der Waals surface area contributed by atoms with Crippen LogP contribution in [0.15, 0.2) is 53.7 Å². The van der Waals surface area contributed by atoms with Crippen molar-refractivity contribution in [3.63, 3.8) is 0 Å². The fourth-order valence-electron chi connectivity index (χ4n) is 3.40. The van der Waals surface area contributed by atoms with Gasteiger partial charge in [0, 0.05) is 43.8 Å². The molecule has 1 fully saturated rings. The van der Waals surface area contributed by atoms with E-state index in [2.05, 4.69) is 11.2 Å². The molecule has 3 heterocycles. The lowest BCUT2D eigenvalue weighted by Crippen LogP contribution is -2.35. The molecular formula is C20H20N4O3S. The van der Waals surface area contributed by atoms with Gasteiger partial charge < -0.3 is 14.2 Å². The maximum Gasteiger partial charge on any atom is 0.179 e. The third kappa shape index (κ3) is 3.66. The lowest BCUT2D eigenvalue weighted by molar-refractivity contribution is 0.126. The van der Waals surface area contributed by atoms with E-state index < -0.39 is 9.84 Å². The zero-order valence-electron chi connectivity index (χ0n) is 15.4. The highest BCUT2D eigenvalue weighted by Gasteiger charge is 2.19. The van der Waals surface area contributed by atoms with E-state index in [0.717, 1.165) is 42.7 Å². The van der Waals surface area contributed by atoms with Crippen molar-refractivity contribution in [1.82, 2.24) is 14.5 Å². The molecule has 0 amide bonds. The van der Waals surface area contributed by atoms with E-state index in [9.17, 15) is 8.42 Å². The lowest BCUT2D eigenvalue weighted by atomic mass is 10.1. The van der Waals surface area contributed by atoms with Crippen LogP contribution in [0, 0.1) is 11.5 Å². The minimum absolute atomic E-state index is 0.0964. The summed E-state index contributed by atoms with van der Waals surface area (Å²) in [5.74, 6) is 1.43. The molecule has 1 aliphatic heterocycles. The molecule has 2 aromatic heterocycles. The van der Waals surface area contributed by atoms with Crippen molar-refractivity contribution >= 4 is 20.7 Å². The number of hydrogen-bond donors (Lipinski definition) is 0. The van der Waals surface area contributed by atoms with Gasteiger partial charge in [0.25, 0.3) is 0 Å². The fourth-order valence-corrected chi connectivity index (χ4v) is 4.06. The molecule has 1 saturated heterocycles. The first-order valence-corrected chi connectivity index (χ1v) is 10.9. The van der Waals surface area contributed by atoms with Gasteiger partial charge >= 0.3 is 0 Å². The van der Waals surface area contributed by atoms with Crippen molar-refractivity contribution in [2.75, 3.05) is 19.3 Å². The maximum absolute atomic E-state index is 11.7. The van der Waals surface area contributed by atoms with E-state index in [1.165, 1.54) is 6.26 Å². The average Bonchev–Trinajstić information content (AvgIpc) is 3.12. The summed E-state index contributed by atoms with van der Waals surface area (Å²) in [6.07, 6.45) is 8.68. The zero-order chi connectivity index (χ0) is 19.7. The number of nitrogens with zero attached hydrogens (tertiary/aromatic N) is 4. The Bertz CT molecular complexity index is 1140. The SMILES string of the molecule is CS(=O)(=O)c1ccc2c(ccn2-c2ccc(OC3CCN(C#N)CC3)cn2)c1. The molecular weight excluding hydrogens is 376 g/mol. The topological polar surface area (TPSA) is 88.2 Å². The average molecular weight is 396 g/mol. The van der Waals surface area contributed by atoms with Gasteiger partial charge in [-0.15, -0.1) is 0 Å². The predicted octanol–water partition coefficient (Wildman–Crippen LogP) is 2.75. The predicted molar refractivity (Wildman–Crippen MR) is 105 cm³/mol. The lowest BCUT2D eigenvalue weighted by Gasteiger charge is -2.28. The second-order valence-corrected chi connectivity index (χ2v) is 8.95. The van der Waals surface area contributed by atoms with Gasteiger partial charge in [0.1, 0.15) is 17.7 Å². The summed E-state index contributed by atoms with van der Waals surface area (Å²) >= 11 is 0. The van der Waals surface area contributed by atoms with Crippen LogP contribution in [0.25, 0.3) is 16.7 Å². The molecule has 0 N–H and O–H groups in total. The summed E-state index contributed by atoms with van der Waals surface area (Å²) in [7, 11) is -3.24. The Kier molecular flexibility index (Phi) is 4.69. The van der Waals surface area contributed by atoms with Crippen LogP contribution in [-0.4, -0.2) is 48.3 Å². The minimum Gasteiger partial charge on any atom is -0.489 e. The van der Waals surface area contributed by atoms with Crippen molar-refractivity contribution in [2.24, 2.45) is 0 Å². The molecule has 4 rings (SSSR count). The number of nitriles is 1. The molecule has 0 spiro atoms. The Labute approximate surface area is 163 Å². The third-order valence-electron chi connectivity index (χ3n) is 4.94. The first-order chi connectivity index (χ1) is 13.4. The van der Waals surface area contributed by atoms with Crippen LogP contribution in [0.2, 0.25) is 0 Å². The van der Waals surface area contributed by atoms with E-state index in [1.807, 2.05) is 29.0 Å². The zero-order valence-corrected chi connectivity index (χ0v) is 16.3. The number of benzene rings is 1. The molecule has 0 bridgehead atoms. The van der Waals surface area contributed by atoms with E-state index in [0.29, 0.717) is 10.6 Å². The molecule has 0 aliphatic carbocycles. The number of hydrogen-bond acceptors (Lipinski definition) is 6. The van der Waals surface area contributed by atoms with Gasteiger partial charge in [0.15, 0.2) is 16.0 Å². The second-order valence-electron chi connectivity index (χ2n) is 6.93. The van der Waals surface area contributed by atoms with Crippen molar-refractivity contribution in [1.29, 1.82) is 5.26 Å². The Morgan fingerprint density at radius 1 is 1.18 bits per heavy atom. The highest BCUT2D eigenvalue weighted by atomic mass is 32.2. The standard InChI is InChI=1S/C20H20N4O3S/c1-28(25,26)18-3-4-19-15(12-18)6-11-24(19)20-5-2-17(13-22-20)27-16-7-9-23(14-21)10-8-16/h2-6,11-13,16H,7-10H2,1H3. The monoisotopic (exact) mass is 396 g/mol. The van der Waals surface area contributed by atoms with Crippen LogP contribution in [0.4, 0.5) is 0 Å². The van der Waals surface area contributed by atoms with Gasteiger partial charge in [0.2, 0.25) is 0 Å². The normalized spacial score (nSPS) is 15.5. The minimum atomic E-state index is -3.24. The molecule has 8 heteroatoms. The smallest absolute Gasteiger partial charge is 0.179 e. The van der Waals surface area contributed by atoms with Gasteiger partial charge in [-0.3, -0.25) is 0 Å². The summed E-state index contributed by atoms with van der Waals surface area (Å²) in [6.45, 7) is 1.44. The van der Waals surface area contributed by atoms with E-state index >= 15 is 0 Å². The van der Waals surface area contributed by atoms with Crippen LogP contribution in [0.1, 0.15) is 12.8 Å². The van der Waals surface area contributed by atoms with Crippen LogP contribution in [-0.2, 0) is 9.84 Å². The van der Waals surface area contributed by atoms with Gasteiger partial charge in [0.05, 0.1) is 16.6 Å². The molecule has 0 saturated carbocycles. The van der Waals surface area contributed by atoms with Crippen LogP contribution in [0.3, 0.4) is 0 Å². The maximum atomic E-state index is 11.7. The van der Waals surface area contributed by atoms with E-state index in [1.54, 1.807) is 29.3 Å². The number of aromatic nitrogens is 2. The number of pyridine rings is 1. The Morgan fingerprint density at radius 3 is 2.61 bits per heavy atom. The van der Waals surface area contributed by atoms with Crippen molar-refractivity contribution < 1.29 is 13.2 Å². The fraction of sp³-hybridized carbons (Fsp3) is 0.300. The summed E-state index contributed by atoms with van der Waals surface area (Å²) in [5.41, 5.74) is 0.887. The number of ether oxygens (including phenoxy) is 1. The highest BCUT2D eigenvalue weighted by Crippen LogP contribution is 2.24. The summed E-state index contributed by atoms with van der Waals surface area (Å²) < 4.78 is 31.4. The molecule has 1 aliphatic rings. The van der Waals surface area contributed by atoms with Gasteiger partial charge in [-0.2, -0.15) is 5.26 Å². The summed E-state index contributed by atoms with van der Waals surface area (Å²) in [6, 6.07) is 10.7. The largest absolute Gasteiger partial charge is 0.489 e. The molecule has 28 heavy (non-hydrogen) atoms. The van der Waals surface area contributed by atoms with E-state index in [4.69, 9.17) is 10.00 Å². The van der Waals surface area contributed by atoms with Gasteiger partial charge in [-0.25, -0.2) is 13.4 Å². The van der Waals surface area contributed by atoms with Crippen LogP contribution >= 0.6 is 0 Å². The molecule has 0 unspecified atom stereocenters. The quantitative estimate of drug-likeness (QED) is 0.630. The number of sulfone groups is 1. The number of fused-ring (bicyclic) bond motifs is 1. The summed E-state index contributed by atoms with van der Waals surface area (Å²) in [4.78, 5) is 6.54. The van der Waals surface area contributed by atoms with E-state index in [-0.39, 0.29) is 6.10 Å². The molecule has 0 radical (unpaired) electrons. The first-order valence-electron chi connectivity index (χ1n) is 9.03. The first kappa shape index (κ1) is 18.3. The molecule has 1 aromatic carbocycles. The van der Waals surface area contributed by atoms with Gasteiger partial charge in [-0.05, 0) is 36.4 Å².